The molecule has 1 aromatic rings. The van der Waals surface area contributed by atoms with Crippen LogP contribution >= 0.6 is 0 Å². The van der Waals surface area contributed by atoms with Crippen molar-refractivity contribution in [2.45, 2.75) is 96.6 Å². The summed E-state index contributed by atoms with van der Waals surface area (Å²) in [5.74, 6) is 0.0921. The summed E-state index contributed by atoms with van der Waals surface area (Å²) < 4.78 is 10.7. The van der Waals surface area contributed by atoms with Gasteiger partial charge in [-0.2, -0.15) is 0 Å². The molecule has 178 valence electrons. The third-order valence-electron chi connectivity index (χ3n) is 6.41. The van der Waals surface area contributed by atoms with Gasteiger partial charge in [0.05, 0.1) is 7.11 Å². The van der Waals surface area contributed by atoms with E-state index in [1.165, 1.54) is 38.4 Å². The molecule has 0 saturated heterocycles. The lowest BCUT2D eigenvalue weighted by atomic mass is 9.80. The minimum Gasteiger partial charge on any atom is -0.467 e. The summed E-state index contributed by atoms with van der Waals surface area (Å²) in [6.45, 7) is 4.60. The smallest absolute Gasteiger partial charge is 0.408 e. The summed E-state index contributed by atoms with van der Waals surface area (Å²) in [7, 11) is 1.40. The first-order chi connectivity index (χ1) is 15.5. The van der Waals surface area contributed by atoms with E-state index in [2.05, 4.69) is 25.2 Å². The second-order valence-corrected chi connectivity index (χ2v) is 9.18. The highest BCUT2D eigenvalue weighted by Gasteiger charge is 2.42. The van der Waals surface area contributed by atoms with Gasteiger partial charge in [-0.05, 0) is 50.0 Å². The monoisotopic (exact) mass is 443 g/mol. The molecule has 0 fully saturated rings. The van der Waals surface area contributed by atoms with Crippen LogP contribution in [-0.2, 0) is 20.9 Å². The third kappa shape index (κ3) is 8.68. The molecule has 0 aliphatic heterocycles. The van der Waals surface area contributed by atoms with Gasteiger partial charge in [0.1, 0.15) is 12.1 Å². The van der Waals surface area contributed by atoms with E-state index in [1.54, 1.807) is 0 Å². The van der Waals surface area contributed by atoms with E-state index in [0.29, 0.717) is 18.8 Å². The summed E-state index contributed by atoms with van der Waals surface area (Å²) in [4.78, 5) is 25.9. The quantitative estimate of drug-likeness (QED) is 0.209. The molecule has 5 heteroatoms. The van der Waals surface area contributed by atoms with Gasteiger partial charge in [-0.25, -0.2) is 9.59 Å². The van der Waals surface area contributed by atoms with Gasteiger partial charge in [0, 0.05) is 6.42 Å². The molecule has 2 atom stereocenters. The van der Waals surface area contributed by atoms with Gasteiger partial charge < -0.3 is 14.8 Å². The number of esters is 1. The number of allylic oxidation sites excluding steroid dienone is 1. The fraction of sp³-hybridized carbons (Fsp3) is 0.630. The van der Waals surface area contributed by atoms with Crippen molar-refractivity contribution in [3.63, 3.8) is 0 Å². The number of methoxy groups -OCH3 is 1. The van der Waals surface area contributed by atoms with Gasteiger partial charge in [0.15, 0.2) is 0 Å². The molecule has 5 nitrogen and oxygen atoms in total. The molecular formula is C27H41NO4. The van der Waals surface area contributed by atoms with Crippen molar-refractivity contribution in [3.8, 4) is 0 Å². The second kappa shape index (κ2) is 14.0. The highest BCUT2D eigenvalue weighted by molar-refractivity contribution is 5.86. The van der Waals surface area contributed by atoms with Crippen molar-refractivity contribution in [2.24, 2.45) is 5.92 Å². The molecule has 1 aromatic carbocycles. The number of unbranched alkanes of at least 4 members (excludes halogenated alkanes) is 2. The molecule has 0 bridgehead atoms. The Morgan fingerprint density at radius 3 is 2.56 bits per heavy atom. The lowest BCUT2D eigenvalue weighted by Crippen LogP contribution is -2.55. The lowest BCUT2D eigenvalue weighted by Gasteiger charge is -2.34. The van der Waals surface area contributed by atoms with Crippen LogP contribution in [0.25, 0.3) is 0 Å². The maximum Gasteiger partial charge on any atom is 0.408 e. The molecule has 32 heavy (non-hydrogen) atoms. The predicted octanol–water partition coefficient (Wildman–Crippen LogP) is 6.71. The van der Waals surface area contributed by atoms with E-state index in [0.717, 1.165) is 37.7 Å². The molecule has 1 N–H and O–H groups in total. The molecule has 0 spiro atoms. The van der Waals surface area contributed by atoms with Crippen LogP contribution in [0.2, 0.25) is 0 Å². The van der Waals surface area contributed by atoms with Crippen molar-refractivity contribution in [1.82, 2.24) is 5.32 Å². The minimum absolute atomic E-state index is 0.167. The first-order valence-corrected chi connectivity index (χ1v) is 12.2. The number of rotatable bonds is 13. The first kappa shape index (κ1) is 26.0. The zero-order valence-corrected chi connectivity index (χ0v) is 20.2. The van der Waals surface area contributed by atoms with Crippen LogP contribution in [0.5, 0.6) is 0 Å². The Hall–Kier alpha value is -2.30. The van der Waals surface area contributed by atoms with Crippen molar-refractivity contribution in [2.75, 3.05) is 7.11 Å². The molecule has 2 unspecified atom stereocenters. The number of alkyl carbamates (subject to hydrolysis) is 1. The topological polar surface area (TPSA) is 64.6 Å². The van der Waals surface area contributed by atoms with E-state index in [4.69, 9.17) is 9.47 Å². The SMILES string of the molecule is CCCCCC(C)CCC(CC1=CCCCC1)(NC(=O)OCc1ccccc1)C(=O)OC. The second-order valence-electron chi connectivity index (χ2n) is 9.18. The van der Waals surface area contributed by atoms with Crippen molar-refractivity contribution >= 4 is 12.1 Å². The zero-order valence-electron chi connectivity index (χ0n) is 20.2. The van der Waals surface area contributed by atoms with Crippen molar-refractivity contribution in [1.29, 1.82) is 0 Å². The van der Waals surface area contributed by atoms with Crippen LogP contribution in [0.1, 0.15) is 90.0 Å². The summed E-state index contributed by atoms with van der Waals surface area (Å²) in [5, 5.41) is 2.94. The Bertz CT molecular complexity index is 730. The molecular weight excluding hydrogens is 402 g/mol. The molecule has 0 radical (unpaired) electrons. The maximum atomic E-state index is 13.1. The number of carbonyl (C=O) groups is 2. The summed E-state index contributed by atoms with van der Waals surface area (Å²) >= 11 is 0. The van der Waals surface area contributed by atoms with Gasteiger partial charge in [-0.3, -0.25) is 0 Å². The number of carbonyl (C=O) groups excluding carboxylic acids is 2. The Morgan fingerprint density at radius 1 is 1.12 bits per heavy atom. The van der Waals surface area contributed by atoms with Gasteiger partial charge in [0.2, 0.25) is 0 Å². The van der Waals surface area contributed by atoms with Crippen molar-refractivity contribution < 1.29 is 19.1 Å². The fourth-order valence-electron chi connectivity index (χ4n) is 4.40. The Morgan fingerprint density at radius 2 is 1.91 bits per heavy atom. The fourth-order valence-corrected chi connectivity index (χ4v) is 4.40. The first-order valence-electron chi connectivity index (χ1n) is 12.2. The molecule has 0 heterocycles. The molecule has 1 aliphatic carbocycles. The minimum atomic E-state index is -1.09. The molecule has 1 aliphatic rings. The van der Waals surface area contributed by atoms with E-state index in [-0.39, 0.29) is 12.6 Å². The highest BCUT2D eigenvalue weighted by Crippen LogP contribution is 2.32. The third-order valence-corrected chi connectivity index (χ3v) is 6.41. The number of hydrogen-bond donors (Lipinski definition) is 1. The standard InChI is InChI=1S/C27H41NO4/c1-4-5-8-13-22(2)18-19-27(25(29)31-3,20-23-14-9-6-10-15-23)28-26(30)32-21-24-16-11-7-12-17-24/h7,11-12,14,16-17,22H,4-6,8-10,13,15,18-21H2,1-3H3,(H,28,30). The summed E-state index contributed by atoms with van der Waals surface area (Å²) in [6, 6.07) is 9.55. The van der Waals surface area contributed by atoms with E-state index in [1.807, 2.05) is 30.3 Å². The van der Waals surface area contributed by atoms with E-state index in [9.17, 15) is 9.59 Å². The van der Waals surface area contributed by atoms with Crippen LogP contribution in [-0.4, -0.2) is 24.7 Å². The van der Waals surface area contributed by atoms with E-state index >= 15 is 0 Å². The Labute approximate surface area is 193 Å². The largest absolute Gasteiger partial charge is 0.467 e. The molecule has 0 saturated carbocycles. The maximum absolute atomic E-state index is 13.1. The van der Waals surface area contributed by atoms with Gasteiger partial charge in [0.25, 0.3) is 0 Å². The number of ether oxygens (including phenoxy) is 2. The van der Waals surface area contributed by atoms with Gasteiger partial charge >= 0.3 is 12.1 Å². The normalized spacial score (nSPS) is 16.4. The van der Waals surface area contributed by atoms with Crippen LogP contribution in [0.15, 0.2) is 42.0 Å². The highest BCUT2D eigenvalue weighted by atomic mass is 16.6. The van der Waals surface area contributed by atoms with Gasteiger partial charge in [-0.1, -0.05) is 81.5 Å². The molecule has 2 rings (SSSR count). The lowest BCUT2D eigenvalue weighted by molar-refractivity contribution is -0.149. The number of benzene rings is 1. The predicted molar refractivity (Wildman–Crippen MR) is 128 cm³/mol. The van der Waals surface area contributed by atoms with Gasteiger partial charge in [-0.15, -0.1) is 0 Å². The van der Waals surface area contributed by atoms with Crippen LogP contribution in [0.4, 0.5) is 4.79 Å². The van der Waals surface area contributed by atoms with Crippen molar-refractivity contribution in [3.05, 3.63) is 47.5 Å². The number of hydrogen-bond acceptors (Lipinski definition) is 4. The van der Waals surface area contributed by atoms with Crippen LogP contribution in [0.3, 0.4) is 0 Å². The average molecular weight is 444 g/mol. The molecule has 1 amide bonds. The Balaban J connectivity index is 2.12. The van der Waals surface area contributed by atoms with E-state index < -0.39 is 11.6 Å². The summed E-state index contributed by atoms with van der Waals surface area (Å²) in [5.41, 5.74) is 1.04. The Kier molecular flexibility index (Phi) is 11.3. The number of amides is 1. The van der Waals surface area contributed by atoms with Crippen LogP contribution in [0, 0.1) is 5.92 Å². The summed E-state index contributed by atoms with van der Waals surface area (Å²) in [6.07, 6.45) is 12.6. The average Bonchev–Trinajstić information content (AvgIpc) is 2.82. The van der Waals surface area contributed by atoms with Crippen LogP contribution < -0.4 is 5.32 Å². The molecule has 0 aromatic heterocycles. The number of nitrogens with one attached hydrogen (secondary N) is 1. The zero-order chi connectivity index (χ0) is 23.2.